The molecule has 176 valence electrons. The van der Waals surface area contributed by atoms with E-state index < -0.39 is 0 Å². The van der Waals surface area contributed by atoms with Gasteiger partial charge in [0.15, 0.2) is 6.20 Å². The lowest BCUT2D eigenvalue weighted by molar-refractivity contribution is -0.660. The summed E-state index contributed by atoms with van der Waals surface area (Å²) in [7, 11) is 2.11. The van der Waals surface area contributed by atoms with E-state index in [1.54, 1.807) is 0 Å². The van der Waals surface area contributed by atoms with Crippen LogP contribution in [0.5, 0.6) is 0 Å². The summed E-state index contributed by atoms with van der Waals surface area (Å²) in [4.78, 5) is 0. The monoisotopic (exact) mass is 460 g/mol. The van der Waals surface area contributed by atoms with Crippen LogP contribution in [0.3, 0.4) is 0 Å². The number of hydrogen-bond acceptors (Lipinski definition) is 1. The number of aryl methyl sites for hydroxylation is 3. The summed E-state index contributed by atoms with van der Waals surface area (Å²) in [5, 5.41) is 2.39. The minimum absolute atomic E-state index is 0.0270. The van der Waals surface area contributed by atoms with Gasteiger partial charge in [0.2, 0.25) is 5.69 Å². The Morgan fingerprint density at radius 2 is 1.51 bits per heavy atom. The quantitative estimate of drug-likeness (QED) is 0.248. The van der Waals surface area contributed by atoms with Crippen LogP contribution in [-0.4, -0.2) is 0 Å². The number of nitrogens with zero attached hydrogens (tertiary/aromatic N) is 1. The number of benzene rings is 3. The van der Waals surface area contributed by atoms with Gasteiger partial charge in [-0.3, -0.25) is 0 Å². The maximum absolute atomic E-state index is 6.78. The van der Waals surface area contributed by atoms with Crippen LogP contribution in [-0.2, 0) is 12.5 Å². The van der Waals surface area contributed by atoms with E-state index in [0.717, 1.165) is 11.2 Å². The Kier molecular flexibility index (Phi) is 4.77. The van der Waals surface area contributed by atoms with E-state index in [1.165, 1.54) is 55.4 Å². The van der Waals surface area contributed by atoms with Gasteiger partial charge >= 0.3 is 0 Å². The van der Waals surface area contributed by atoms with E-state index in [9.17, 15) is 0 Å². The smallest absolute Gasteiger partial charge is 0.216 e. The van der Waals surface area contributed by atoms with Gasteiger partial charge in [0, 0.05) is 28.3 Å². The van der Waals surface area contributed by atoms with Crippen molar-refractivity contribution < 1.29 is 8.98 Å². The lowest BCUT2D eigenvalue weighted by atomic mass is 9.63. The molecule has 1 aliphatic rings. The van der Waals surface area contributed by atoms with Crippen molar-refractivity contribution in [3.63, 3.8) is 0 Å². The van der Waals surface area contributed by atoms with Crippen LogP contribution in [0, 0.1) is 25.7 Å². The van der Waals surface area contributed by atoms with Crippen molar-refractivity contribution in [1.82, 2.24) is 0 Å². The fourth-order valence-electron chi connectivity index (χ4n) is 6.93. The molecule has 35 heavy (non-hydrogen) atoms. The van der Waals surface area contributed by atoms with Crippen LogP contribution in [0.1, 0.15) is 49.9 Å². The first-order valence-corrected chi connectivity index (χ1v) is 12.8. The lowest BCUT2D eigenvalue weighted by Gasteiger charge is -2.40. The predicted molar refractivity (Wildman–Crippen MR) is 146 cm³/mol. The van der Waals surface area contributed by atoms with E-state index >= 15 is 0 Å². The third-order valence-corrected chi connectivity index (χ3v) is 8.48. The van der Waals surface area contributed by atoms with Crippen LogP contribution in [0.15, 0.2) is 71.3 Å². The van der Waals surface area contributed by atoms with Crippen LogP contribution >= 0.6 is 0 Å². The summed E-state index contributed by atoms with van der Waals surface area (Å²) in [5.41, 5.74) is 12.4. The molecular weight excluding hydrogens is 426 g/mol. The van der Waals surface area contributed by atoms with Crippen molar-refractivity contribution >= 4 is 21.9 Å². The summed E-state index contributed by atoms with van der Waals surface area (Å²) in [6.07, 6.45) is 2.14. The first kappa shape index (κ1) is 22.1. The first-order valence-electron chi connectivity index (χ1n) is 12.8. The molecule has 2 heteroatoms. The van der Waals surface area contributed by atoms with Crippen LogP contribution in [0.25, 0.3) is 44.3 Å². The summed E-state index contributed by atoms with van der Waals surface area (Å²) < 4.78 is 8.97. The number of pyridine rings is 1. The molecule has 0 bridgehead atoms. The minimum Gasteiger partial charge on any atom is -0.455 e. The normalized spacial score (nSPS) is 14.3. The van der Waals surface area contributed by atoms with Crippen molar-refractivity contribution in [3.05, 3.63) is 89.1 Å². The van der Waals surface area contributed by atoms with Crippen LogP contribution < -0.4 is 4.57 Å². The number of furan rings is 1. The van der Waals surface area contributed by atoms with Gasteiger partial charge in [-0.1, -0.05) is 64.1 Å². The van der Waals surface area contributed by atoms with E-state index in [1.807, 2.05) is 0 Å². The van der Waals surface area contributed by atoms with Crippen molar-refractivity contribution in [2.75, 3.05) is 0 Å². The standard InChI is InChI=1S/C33H34NO/c1-19(2)33(20(3)4)27-11-9-8-10-23(27)25-17-26-24-13-12-22(6)31(29-16-21(5)14-15-34(29)7)32(24)35-30(26)18-28(25)33/h8-20H,1-7H3/q+1. The van der Waals surface area contributed by atoms with Gasteiger partial charge in [0.25, 0.3) is 0 Å². The Bertz CT molecular complexity index is 1620. The predicted octanol–water partition coefficient (Wildman–Crippen LogP) is 8.27. The van der Waals surface area contributed by atoms with Crippen LogP contribution in [0.4, 0.5) is 0 Å². The molecule has 0 amide bonds. The molecular formula is C33H34NO+. The second-order valence-corrected chi connectivity index (χ2v) is 11.1. The molecule has 6 rings (SSSR count). The Morgan fingerprint density at radius 1 is 0.771 bits per heavy atom. The molecule has 1 aliphatic carbocycles. The van der Waals surface area contributed by atoms with Gasteiger partial charge in [0.05, 0.1) is 5.56 Å². The summed E-state index contributed by atoms with van der Waals surface area (Å²) in [6.45, 7) is 13.8. The Hall–Kier alpha value is -3.39. The zero-order valence-electron chi connectivity index (χ0n) is 21.9. The number of aromatic nitrogens is 1. The second kappa shape index (κ2) is 7.55. The highest BCUT2D eigenvalue weighted by molar-refractivity contribution is 6.11. The first-order chi connectivity index (χ1) is 16.7. The highest BCUT2D eigenvalue weighted by atomic mass is 16.3. The third-order valence-electron chi connectivity index (χ3n) is 8.48. The summed E-state index contributed by atoms with van der Waals surface area (Å²) >= 11 is 0. The molecule has 0 saturated carbocycles. The van der Waals surface area contributed by atoms with Gasteiger partial charge < -0.3 is 4.42 Å². The average Bonchev–Trinajstić information content (AvgIpc) is 3.32. The van der Waals surface area contributed by atoms with Gasteiger partial charge in [-0.2, -0.15) is 0 Å². The summed E-state index contributed by atoms with van der Waals surface area (Å²) in [6, 6.07) is 22.7. The molecule has 0 N–H and O–H groups in total. The Balaban J connectivity index is 1.72. The van der Waals surface area contributed by atoms with Crippen molar-refractivity contribution in [3.8, 4) is 22.4 Å². The van der Waals surface area contributed by atoms with E-state index in [-0.39, 0.29) is 5.41 Å². The molecule has 0 aliphatic heterocycles. The molecule has 0 spiro atoms. The zero-order chi connectivity index (χ0) is 24.6. The van der Waals surface area contributed by atoms with Gasteiger partial charge in [-0.15, -0.1) is 0 Å². The molecule has 0 saturated heterocycles. The minimum atomic E-state index is -0.0270. The van der Waals surface area contributed by atoms with E-state index in [4.69, 9.17) is 4.42 Å². The Labute approximate surface area is 208 Å². The highest BCUT2D eigenvalue weighted by Gasteiger charge is 2.48. The number of fused-ring (bicyclic) bond motifs is 6. The molecule has 2 nitrogen and oxygen atoms in total. The molecule has 3 aromatic carbocycles. The van der Waals surface area contributed by atoms with E-state index in [2.05, 4.69) is 120 Å². The fraction of sp³-hybridized carbons (Fsp3) is 0.303. The third kappa shape index (κ3) is 2.86. The van der Waals surface area contributed by atoms with Crippen molar-refractivity contribution in [2.45, 2.75) is 47.0 Å². The van der Waals surface area contributed by atoms with Gasteiger partial charge in [-0.05, 0) is 71.2 Å². The summed E-state index contributed by atoms with van der Waals surface area (Å²) in [5.74, 6) is 0.937. The maximum atomic E-state index is 6.78. The average molecular weight is 461 g/mol. The van der Waals surface area contributed by atoms with Crippen molar-refractivity contribution in [1.29, 1.82) is 0 Å². The zero-order valence-corrected chi connectivity index (χ0v) is 21.9. The molecule has 0 radical (unpaired) electrons. The molecule has 0 atom stereocenters. The Morgan fingerprint density at radius 3 is 2.26 bits per heavy atom. The van der Waals surface area contributed by atoms with Crippen LogP contribution in [0.2, 0.25) is 0 Å². The van der Waals surface area contributed by atoms with Gasteiger partial charge in [0.1, 0.15) is 18.2 Å². The maximum Gasteiger partial charge on any atom is 0.216 e. The van der Waals surface area contributed by atoms with Gasteiger partial charge in [-0.25, -0.2) is 4.57 Å². The molecule has 0 unspecified atom stereocenters. The SMILES string of the molecule is Cc1cc[n+](C)c(-c2c(C)ccc3c2oc2cc4c(cc23)-c2ccccc2C4(C(C)C)C(C)C)c1. The lowest BCUT2D eigenvalue weighted by Crippen LogP contribution is -2.37. The molecule has 2 heterocycles. The topological polar surface area (TPSA) is 17.0 Å². The molecule has 5 aromatic rings. The fourth-order valence-corrected chi connectivity index (χ4v) is 6.93. The molecule has 2 aromatic heterocycles. The highest BCUT2D eigenvalue weighted by Crippen LogP contribution is 2.57. The molecule has 0 fully saturated rings. The van der Waals surface area contributed by atoms with Crippen molar-refractivity contribution in [2.24, 2.45) is 18.9 Å². The van der Waals surface area contributed by atoms with E-state index in [0.29, 0.717) is 11.8 Å². The number of hydrogen-bond donors (Lipinski definition) is 0. The largest absolute Gasteiger partial charge is 0.455 e. The number of rotatable bonds is 3. The second-order valence-electron chi connectivity index (χ2n) is 11.1.